The van der Waals surface area contributed by atoms with E-state index in [9.17, 15) is 0 Å². The zero-order chi connectivity index (χ0) is 19.1. The van der Waals surface area contributed by atoms with E-state index in [1.165, 1.54) is 5.56 Å². The van der Waals surface area contributed by atoms with Crippen LogP contribution in [0.1, 0.15) is 19.4 Å². The van der Waals surface area contributed by atoms with Crippen molar-refractivity contribution in [2.24, 2.45) is 0 Å². The van der Waals surface area contributed by atoms with Crippen LogP contribution in [0.2, 0.25) is 0 Å². The molecule has 3 rings (SSSR count). The number of nitrogens with one attached hydrogen (secondary N) is 1. The summed E-state index contributed by atoms with van der Waals surface area (Å²) in [6.45, 7) is 9.53. The molecule has 2 aromatic carbocycles. The molecule has 3 aromatic rings. The number of aromatic nitrogens is 2. The molecule has 0 saturated carbocycles. The first kappa shape index (κ1) is 18.6. The highest BCUT2D eigenvalue weighted by molar-refractivity contribution is 5.64. The number of anilines is 2. The second-order valence-electron chi connectivity index (χ2n) is 6.68. The summed E-state index contributed by atoms with van der Waals surface area (Å²) in [4.78, 5) is 11.9. The minimum atomic E-state index is 0.267. The third-order valence-corrected chi connectivity index (χ3v) is 4.29. The van der Waals surface area contributed by atoms with Crippen molar-refractivity contribution in [1.82, 2.24) is 9.97 Å². The fourth-order valence-corrected chi connectivity index (χ4v) is 2.85. The number of rotatable bonds is 8. The van der Waals surface area contributed by atoms with E-state index >= 15 is 0 Å². The summed E-state index contributed by atoms with van der Waals surface area (Å²) in [6, 6.07) is 22.9. The van der Waals surface area contributed by atoms with Gasteiger partial charge in [-0.05, 0) is 19.4 Å². The van der Waals surface area contributed by atoms with Crippen molar-refractivity contribution in [1.29, 1.82) is 0 Å². The van der Waals surface area contributed by atoms with Gasteiger partial charge in [-0.15, -0.1) is 6.58 Å². The number of hydrogen-bond acceptors (Lipinski definition) is 4. The number of nitrogens with zero attached hydrogens (tertiary/aromatic N) is 3. The molecular weight excluding hydrogens is 332 g/mol. The molecule has 0 radical (unpaired) electrons. The summed E-state index contributed by atoms with van der Waals surface area (Å²) in [6.07, 6.45) is 1.83. The van der Waals surface area contributed by atoms with E-state index in [4.69, 9.17) is 9.97 Å². The van der Waals surface area contributed by atoms with Crippen LogP contribution >= 0.6 is 0 Å². The van der Waals surface area contributed by atoms with E-state index in [1.807, 2.05) is 36.4 Å². The first-order valence-corrected chi connectivity index (χ1v) is 9.27. The van der Waals surface area contributed by atoms with Crippen LogP contribution in [0.4, 0.5) is 11.8 Å². The molecule has 138 valence electrons. The lowest BCUT2D eigenvalue weighted by molar-refractivity contribution is 0.661. The summed E-state index contributed by atoms with van der Waals surface area (Å²) in [7, 11) is 0. The van der Waals surface area contributed by atoms with Crippen molar-refractivity contribution in [3.63, 3.8) is 0 Å². The normalized spacial score (nSPS) is 10.6. The molecule has 0 aliphatic rings. The minimum absolute atomic E-state index is 0.267. The number of benzene rings is 2. The van der Waals surface area contributed by atoms with E-state index in [0.717, 1.165) is 29.6 Å². The molecule has 0 bridgehead atoms. The Morgan fingerprint density at radius 2 is 1.67 bits per heavy atom. The molecule has 4 heteroatoms. The molecule has 0 aliphatic heterocycles. The molecular formula is C23H26N4. The topological polar surface area (TPSA) is 41.1 Å². The molecule has 1 heterocycles. The van der Waals surface area contributed by atoms with E-state index in [2.05, 4.69) is 67.0 Å². The minimum Gasteiger partial charge on any atom is -0.366 e. The van der Waals surface area contributed by atoms with Crippen LogP contribution in [0, 0.1) is 0 Å². The van der Waals surface area contributed by atoms with E-state index in [-0.39, 0.29) is 6.04 Å². The molecule has 0 saturated heterocycles. The third-order valence-electron chi connectivity index (χ3n) is 4.29. The molecule has 0 spiro atoms. The van der Waals surface area contributed by atoms with E-state index < -0.39 is 0 Å². The lowest BCUT2D eigenvalue weighted by Gasteiger charge is -2.27. The molecule has 1 N–H and O–H groups in total. The Morgan fingerprint density at radius 1 is 1.00 bits per heavy atom. The summed E-state index contributed by atoms with van der Waals surface area (Å²) >= 11 is 0. The van der Waals surface area contributed by atoms with Crippen molar-refractivity contribution >= 4 is 11.8 Å². The lowest BCUT2D eigenvalue weighted by Crippen LogP contribution is -2.32. The van der Waals surface area contributed by atoms with Gasteiger partial charge in [0.25, 0.3) is 0 Å². The van der Waals surface area contributed by atoms with Crippen LogP contribution in [0.25, 0.3) is 11.3 Å². The van der Waals surface area contributed by atoms with Crippen LogP contribution in [-0.2, 0) is 6.54 Å². The Kier molecular flexibility index (Phi) is 6.21. The van der Waals surface area contributed by atoms with Crippen LogP contribution < -0.4 is 10.2 Å². The molecule has 0 aliphatic carbocycles. The van der Waals surface area contributed by atoms with Gasteiger partial charge in [0, 0.05) is 30.8 Å². The van der Waals surface area contributed by atoms with Crippen LogP contribution in [0.3, 0.4) is 0 Å². The second-order valence-corrected chi connectivity index (χ2v) is 6.68. The van der Waals surface area contributed by atoms with Crippen LogP contribution in [0.5, 0.6) is 0 Å². The van der Waals surface area contributed by atoms with Gasteiger partial charge in [0.1, 0.15) is 5.82 Å². The molecule has 0 atom stereocenters. The first-order valence-electron chi connectivity index (χ1n) is 9.27. The van der Waals surface area contributed by atoms with Gasteiger partial charge in [0.2, 0.25) is 5.95 Å². The molecule has 0 fully saturated rings. The first-order chi connectivity index (χ1) is 13.2. The second kappa shape index (κ2) is 8.99. The monoisotopic (exact) mass is 358 g/mol. The molecule has 1 aromatic heterocycles. The highest BCUT2D eigenvalue weighted by Crippen LogP contribution is 2.25. The van der Waals surface area contributed by atoms with Crippen molar-refractivity contribution in [2.75, 3.05) is 16.8 Å². The van der Waals surface area contributed by atoms with Gasteiger partial charge in [0.15, 0.2) is 0 Å². The fraction of sp³-hybridized carbons (Fsp3) is 0.217. The van der Waals surface area contributed by atoms with Crippen LogP contribution in [-0.4, -0.2) is 22.6 Å². The van der Waals surface area contributed by atoms with Crippen molar-refractivity contribution < 1.29 is 0 Å². The summed E-state index contributed by atoms with van der Waals surface area (Å²) in [5.74, 6) is 1.53. The predicted molar refractivity (Wildman–Crippen MR) is 114 cm³/mol. The highest BCUT2D eigenvalue weighted by atomic mass is 15.3. The van der Waals surface area contributed by atoms with Gasteiger partial charge in [-0.25, -0.2) is 4.98 Å². The lowest BCUT2D eigenvalue weighted by atomic mass is 10.1. The third kappa shape index (κ3) is 4.94. The van der Waals surface area contributed by atoms with Gasteiger partial charge < -0.3 is 10.2 Å². The van der Waals surface area contributed by atoms with Crippen molar-refractivity contribution in [3.8, 4) is 11.3 Å². The maximum atomic E-state index is 4.88. The average Bonchev–Trinajstić information content (AvgIpc) is 2.71. The Hall–Kier alpha value is -3.14. The molecule has 0 unspecified atom stereocenters. The average molecular weight is 358 g/mol. The summed E-state index contributed by atoms with van der Waals surface area (Å²) in [5, 5.41) is 3.31. The Bertz CT molecular complexity index is 860. The van der Waals surface area contributed by atoms with E-state index in [1.54, 1.807) is 0 Å². The highest BCUT2D eigenvalue weighted by Gasteiger charge is 2.17. The van der Waals surface area contributed by atoms with Gasteiger partial charge in [0.05, 0.1) is 5.69 Å². The Morgan fingerprint density at radius 3 is 2.30 bits per heavy atom. The standard InChI is InChI=1S/C23H26N4/c1-4-15-24-22-16-21(20-13-9-6-10-14-20)25-23(26-22)27(18(2)3)17-19-11-7-5-8-12-19/h4-14,16,18H,1,15,17H2,2-3H3,(H,24,25,26). The molecule has 27 heavy (non-hydrogen) atoms. The van der Waals surface area contributed by atoms with Gasteiger partial charge in [-0.1, -0.05) is 66.7 Å². The zero-order valence-corrected chi connectivity index (χ0v) is 16.0. The van der Waals surface area contributed by atoms with Crippen molar-refractivity contribution in [2.45, 2.75) is 26.4 Å². The number of hydrogen-bond donors (Lipinski definition) is 1. The Balaban J connectivity index is 2.01. The predicted octanol–water partition coefficient (Wildman–Crippen LogP) is 5.16. The van der Waals surface area contributed by atoms with Gasteiger partial charge >= 0.3 is 0 Å². The Labute approximate surface area is 161 Å². The van der Waals surface area contributed by atoms with Crippen molar-refractivity contribution in [3.05, 3.63) is 84.9 Å². The SMILES string of the molecule is C=CCNc1cc(-c2ccccc2)nc(N(Cc2ccccc2)C(C)C)n1. The largest absolute Gasteiger partial charge is 0.366 e. The fourth-order valence-electron chi connectivity index (χ4n) is 2.85. The quantitative estimate of drug-likeness (QED) is 0.565. The molecule has 0 amide bonds. The zero-order valence-electron chi connectivity index (χ0n) is 16.0. The van der Waals surface area contributed by atoms with Gasteiger partial charge in [-0.2, -0.15) is 4.98 Å². The van der Waals surface area contributed by atoms with E-state index in [0.29, 0.717) is 6.54 Å². The smallest absolute Gasteiger partial charge is 0.228 e. The molecule has 4 nitrogen and oxygen atoms in total. The summed E-state index contributed by atoms with van der Waals surface area (Å²) < 4.78 is 0. The van der Waals surface area contributed by atoms with Crippen LogP contribution in [0.15, 0.2) is 79.4 Å². The summed E-state index contributed by atoms with van der Waals surface area (Å²) in [5.41, 5.74) is 3.22. The maximum absolute atomic E-state index is 4.88. The maximum Gasteiger partial charge on any atom is 0.228 e. The van der Waals surface area contributed by atoms with Gasteiger partial charge in [-0.3, -0.25) is 0 Å².